The molecule has 3 rings (SSSR count). The van der Waals surface area contributed by atoms with Crippen molar-refractivity contribution in [1.82, 2.24) is 9.80 Å². The highest BCUT2D eigenvalue weighted by Crippen LogP contribution is 2.25. The highest BCUT2D eigenvalue weighted by Gasteiger charge is 2.33. The summed E-state index contributed by atoms with van der Waals surface area (Å²) in [7, 11) is 3.30. The molecule has 2 aliphatic heterocycles. The Morgan fingerprint density at radius 3 is 2.50 bits per heavy atom. The van der Waals surface area contributed by atoms with Gasteiger partial charge in [-0.2, -0.15) is 0 Å². The van der Waals surface area contributed by atoms with E-state index in [0.717, 1.165) is 39.0 Å². The third kappa shape index (κ3) is 4.18. The maximum absolute atomic E-state index is 12.7. The zero-order valence-electron chi connectivity index (χ0n) is 15.6. The first-order chi connectivity index (χ1) is 12.6. The van der Waals surface area contributed by atoms with Crippen molar-refractivity contribution in [2.24, 2.45) is 11.8 Å². The van der Waals surface area contributed by atoms with Crippen molar-refractivity contribution in [2.75, 3.05) is 47.0 Å². The largest absolute Gasteiger partial charge is 0.497 e. The molecule has 2 fully saturated rings. The number of piperidine rings is 1. The first kappa shape index (κ1) is 18.7. The average molecular weight is 360 g/mol. The molecule has 0 saturated carbocycles. The molecule has 0 spiro atoms. The van der Waals surface area contributed by atoms with Crippen LogP contribution in [0.4, 0.5) is 0 Å². The molecule has 0 aromatic heterocycles. The van der Waals surface area contributed by atoms with Gasteiger partial charge in [-0.3, -0.25) is 9.59 Å². The zero-order chi connectivity index (χ0) is 18.5. The molecule has 0 bridgehead atoms. The molecule has 2 aliphatic rings. The van der Waals surface area contributed by atoms with E-state index in [1.54, 1.807) is 20.3 Å². The Bertz CT molecular complexity index is 640. The van der Waals surface area contributed by atoms with Gasteiger partial charge in [0.15, 0.2) is 0 Å². The third-order valence-corrected chi connectivity index (χ3v) is 5.45. The van der Waals surface area contributed by atoms with Crippen LogP contribution in [-0.2, 0) is 9.53 Å². The molecule has 0 aliphatic carbocycles. The van der Waals surface area contributed by atoms with E-state index >= 15 is 0 Å². The lowest BCUT2D eigenvalue weighted by Gasteiger charge is -2.33. The van der Waals surface area contributed by atoms with Gasteiger partial charge in [-0.05, 0) is 37.5 Å². The van der Waals surface area contributed by atoms with Crippen LogP contribution in [0, 0.1) is 11.8 Å². The fourth-order valence-corrected chi connectivity index (χ4v) is 3.93. The van der Waals surface area contributed by atoms with Crippen LogP contribution in [0.3, 0.4) is 0 Å². The van der Waals surface area contributed by atoms with Crippen molar-refractivity contribution in [3.05, 3.63) is 29.8 Å². The second-order valence-electron chi connectivity index (χ2n) is 7.19. The molecular weight excluding hydrogens is 332 g/mol. The molecule has 2 amide bonds. The molecule has 6 nitrogen and oxygen atoms in total. The predicted molar refractivity (Wildman–Crippen MR) is 98.2 cm³/mol. The molecule has 0 unspecified atom stereocenters. The van der Waals surface area contributed by atoms with Gasteiger partial charge in [0.25, 0.3) is 5.91 Å². The Morgan fingerprint density at radius 2 is 1.81 bits per heavy atom. The maximum Gasteiger partial charge on any atom is 0.253 e. The lowest BCUT2D eigenvalue weighted by Crippen LogP contribution is -2.44. The minimum atomic E-state index is 0.0103. The molecule has 0 N–H and O–H groups in total. The second-order valence-corrected chi connectivity index (χ2v) is 7.19. The van der Waals surface area contributed by atoms with Gasteiger partial charge in [0.2, 0.25) is 5.91 Å². The van der Waals surface area contributed by atoms with Crippen LogP contribution in [0.25, 0.3) is 0 Å². The minimum absolute atomic E-state index is 0.0103. The molecule has 1 aromatic rings. The molecule has 0 radical (unpaired) electrons. The standard InChI is InChI=1S/C20H28N2O4/c1-25-14-15-6-9-22(13-15)19(23)16-7-10-21(11-8-16)20(24)17-4-3-5-18(12-17)26-2/h3-5,12,15-16H,6-11,13-14H2,1-2H3/t15-/m0/s1. The van der Waals surface area contributed by atoms with E-state index in [9.17, 15) is 9.59 Å². The summed E-state index contributed by atoms with van der Waals surface area (Å²) in [5, 5.41) is 0. The summed E-state index contributed by atoms with van der Waals surface area (Å²) in [5.41, 5.74) is 0.635. The maximum atomic E-state index is 12.7. The lowest BCUT2D eigenvalue weighted by molar-refractivity contribution is -0.136. The van der Waals surface area contributed by atoms with E-state index in [-0.39, 0.29) is 17.7 Å². The monoisotopic (exact) mass is 360 g/mol. The van der Waals surface area contributed by atoms with Crippen molar-refractivity contribution in [3.63, 3.8) is 0 Å². The number of benzene rings is 1. The van der Waals surface area contributed by atoms with E-state index < -0.39 is 0 Å². The van der Waals surface area contributed by atoms with E-state index in [1.165, 1.54) is 0 Å². The van der Waals surface area contributed by atoms with Crippen LogP contribution in [0.5, 0.6) is 5.75 Å². The van der Waals surface area contributed by atoms with E-state index in [4.69, 9.17) is 9.47 Å². The van der Waals surface area contributed by atoms with E-state index in [2.05, 4.69) is 0 Å². The van der Waals surface area contributed by atoms with Crippen molar-refractivity contribution < 1.29 is 19.1 Å². The van der Waals surface area contributed by atoms with Crippen molar-refractivity contribution in [1.29, 1.82) is 0 Å². The van der Waals surface area contributed by atoms with Crippen molar-refractivity contribution >= 4 is 11.8 Å². The number of methoxy groups -OCH3 is 2. The molecule has 2 heterocycles. The van der Waals surface area contributed by atoms with Crippen LogP contribution < -0.4 is 4.74 Å². The number of hydrogen-bond acceptors (Lipinski definition) is 4. The van der Waals surface area contributed by atoms with E-state index in [0.29, 0.717) is 30.3 Å². The van der Waals surface area contributed by atoms with Gasteiger partial charge in [0.1, 0.15) is 5.75 Å². The van der Waals surface area contributed by atoms with Crippen molar-refractivity contribution in [2.45, 2.75) is 19.3 Å². The summed E-state index contributed by atoms with van der Waals surface area (Å²) in [6.07, 6.45) is 2.49. The topological polar surface area (TPSA) is 59.1 Å². The molecule has 26 heavy (non-hydrogen) atoms. The van der Waals surface area contributed by atoms with Gasteiger partial charge in [0.05, 0.1) is 13.7 Å². The number of carbonyl (C=O) groups is 2. The van der Waals surface area contributed by atoms with E-state index in [1.807, 2.05) is 28.0 Å². The molecule has 1 atom stereocenters. The number of likely N-dealkylation sites (tertiary alicyclic amines) is 2. The number of hydrogen-bond donors (Lipinski definition) is 0. The quantitative estimate of drug-likeness (QED) is 0.806. The van der Waals surface area contributed by atoms with Crippen LogP contribution in [0.15, 0.2) is 24.3 Å². The molecular formula is C20H28N2O4. The first-order valence-corrected chi connectivity index (χ1v) is 9.33. The minimum Gasteiger partial charge on any atom is -0.497 e. The first-order valence-electron chi connectivity index (χ1n) is 9.33. The van der Waals surface area contributed by atoms with Gasteiger partial charge >= 0.3 is 0 Å². The Hall–Kier alpha value is -2.08. The SMILES string of the molecule is COC[C@H]1CCN(C(=O)C2CCN(C(=O)c3cccc(OC)c3)CC2)C1. The Balaban J connectivity index is 1.52. The van der Waals surface area contributed by atoms with Gasteiger partial charge < -0.3 is 19.3 Å². The number of carbonyl (C=O) groups excluding carboxylic acids is 2. The molecule has 1 aromatic carbocycles. The summed E-state index contributed by atoms with van der Waals surface area (Å²) < 4.78 is 10.4. The van der Waals surface area contributed by atoms with Gasteiger partial charge in [-0.25, -0.2) is 0 Å². The smallest absolute Gasteiger partial charge is 0.253 e. The normalized spacial score (nSPS) is 21.1. The summed E-state index contributed by atoms with van der Waals surface area (Å²) in [4.78, 5) is 29.2. The fourth-order valence-electron chi connectivity index (χ4n) is 3.93. The molecule has 2 saturated heterocycles. The highest BCUT2D eigenvalue weighted by atomic mass is 16.5. The summed E-state index contributed by atoms with van der Waals surface area (Å²) in [6, 6.07) is 7.22. The summed E-state index contributed by atoms with van der Waals surface area (Å²) >= 11 is 0. The second kappa shape index (κ2) is 8.54. The third-order valence-electron chi connectivity index (χ3n) is 5.45. The number of nitrogens with zero attached hydrogens (tertiary/aromatic N) is 2. The molecule has 6 heteroatoms. The van der Waals surface area contributed by atoms with Crippen LogP contribution in [0.1, 0.15) is 29.6 Å². The number of rotatable bonds is 5. The highest BCUT2D eigenvalue weighted by molar-refractivity contribution is 5.94. The number of ether oxygens (including phenoxy) is 2. The van der Waals surface area contributed by atoms with Gasteiger partial charge in [-0.1, -0.05) is 6.07 Å². The molecule has 142 valence electrons. The van der Waals surface area contributed by atoms with Crippen molar-refractivity contribution in [3.8, 4) is 5.75 Å². The van der Waals surface area contributed by atoms with Crippen LogP contribution in [-0.4, -0.2) is 68.6 Å². The Kier molecular flexibility index (Phi) is 6.14. The fraction of sp³-hybridized carbons (Fsp3) is 0.600. The van der Waals surface area contributed by atoms with Crippen LogP contribution in [0.2, 0.25) is 0 Å². The lowest BCUT2D eigenvalue weighted by atomic mass is 9.95. The Morgan fingerprint density at radius 1 is 1.08 bits per heavy atom. The zero-order valence-corrected chi connectivity index (χ0v) is 15.6. The van der Waals surface area contributed by atoms with Crippen LogP contribution >= 0.6 is 0 Å². The predicted octanol–water partition coefficient (Wildman–Crippen LogP) is 2.04. The van der Waals surface area contributed by atoms with Gasteiger partial charge in [0, 0.05) is 50.7 Å². The Labute approximate surface area is 155 Å². The average Bonchev–Trinajstić information content (AvgIpc) is 3.16. The summed E-state index contributed by atoms with van der Waals surface area (Å²) in [6.45, 7) is 3.60. The number of amides is 2. The van der Waals surface area contributed by atoms with Gasteiger partial charge in [-0.15, -0.1) is 0 Å². The summed E-state index contributed by atoms with van der Waals surface area (Å²) in [5.74, 6) is 1.43.